The number of rotatable bonds is 15. The first-order chi connectivity index (χ1) is 17.7. The van der Waals surface area contributed by atoms with Gasteiger partial charge in [-0.05, 0) is 73.8 Å². The third-order valence-electron chi connectivity index (χ3n) is 7.85. The molecule has 1 fully saturated rings. The molecule has 0 heterocycles. The molecule has 1 aliphatic carbocycles. The van der Waals surface area contributed by atoms with Gasteiger partial charge >= 0.3 is 5.97 Å². The predicted molar refractivity (Wildman–Crippen MR) is 148 cm³/mol. The van der Waals surface area contributed by atoms with Crippen molar-refractivity contribution in [2.75, 3.05) is 0 Å². The molecule has 0 N–H and O–H groups in total. The van der Waals surface area contributed by atoms with Crippen molar-refractivity contribution in [3.05, 3.63) is 65.2 Å². The molecular weight excluding hydrogens is 442 g/mol. The highest BCUT2D eigenvalue weighted by Gasteiger charge is 2.28. The number of esters is 1. The van der Waals surface area contributed by atoms with Crippen LogP contribution in [0, 0.1) is 23.2 Å². The van der Waals surface area contributed by atoms with Crippen LogP contribution in [0.1, 0.15) is 114 Å². The Kier molecular flexibility index (Phi) is 12.6. The Morgan fingerprint density at radius 1 is 0.833 bits per heavy atom. The number of carbonyl (C=O) groups excluding carboxylic acids is 1. The fourth-order valence-electron chi connectivity index (χ4n) is 5.46. The summed E-state index contributed by atoms with van der Waals surface area (Å²) < 4.78 is 5.92. The molecule has 0 saturated heterocycles. The normalized spacial score (nSPS) is 17.4. The largest absolute Gasteiger partial charge is 0.426 e. The molecule has 0 atom stereocenters. The smallest absolute Gasteiger partial charge is 0.314 e. The van der Waals surface area contributed by atoms with Crippen LogP contribution in [0.4, 0.5) is 0 Å². The zero-order chi connectivity index (χ0) is 25.4. The molecule has 0 amide bonds. The summed E-state index contributed by atoms with van der Waals surface area (Å²) in [5.74, 6) is 1.48. The standard InChI is InChI=1S/C33H45NO2/c1-2-3-4-5-6-7-8-9-10-13-27-21-24-31(25-22-27)33(35)36-32-15-12-11-14-30(32)23-20-28-16-18-29(26-34)19-17-28/h11-12,14-19,27,31H,2-10,13,20-25H2,1H3. The molecule has 2 aromatic rings. The van der Waals surface area contributed by atoms with Gasteiger partial charge in [-0.1, -0.05) is 101 Å². The van der Waals surface area contributed by atoms with E-state index in [9.17, 15) is 4.79 Å². The number of unbranched alkanes of at least 4 members (excludes halogenated alkanes) is 8. The third-order valence-corrected chi connectivity index (χ3v) is 7.85. The van der Waals surface area contributed by atoms with E-state index in [0.29, 0.717) is 11.3 Å². The lowest BCUT2D eigenvalue weighted by Crippen LogP contribution is -2.26. The molecule has 36 heavy (non-hydrogen) atoms. The maximum absolute atomic E-state index is 12.9. The lowest BCUT2D eigenvalue weighted by Gasteiger charge is -2.27. The van der Waals surface area contributed by atoms with Gasteiger partial charge in [0.25, 0.3) is 0 Å². The van der Waals surface area contributed by atoms with Crippen LogP contribution in [0.25, 0.3) is 0 Å². The van der Waals surface area contributed by atoms with Gasteiger partial charge in [-0.3, -0.25) is 4.79 Å². The summed E-state index contributed by atoms with van der Waals surface area (Å²) in [7, 11) is 0. The summed E-state index contributed by atoms with van der Waals surface area (Å²) in [5, 5.41) is 8.97. The van der Waals surface area contributed by atoms with Gasteiger partial charge in [0.1, 0.15) is 5.75 Å². The van der Waals surface area contributed by atoms with E-state index in [1.165, 1.54) is 69.8 Å². The Balaban J connectivity index is 1.34. The Hall–Kier alpha value is -2.60. The van der Waals surface area contributed by atoms with Crippen molar-refractivity contribution in [2.24, 2.45) is 11.8 Å². The third kappa shape index (κ3) is 9.81. The Labute approximate surface area is 219 Å². The molecule has 1 saturated carbocycles. The number of para-hydroxylation sites is 1. The van der Waals surface area contributed by atoms with Crippen molar-refractivity contribution in [1.82, 2.24) is 0 Å². The molecular formula is C33H45NO2. The van der Waals surface area contributed by atoms with E-state index in [1.807, 2.05) is 48.5 Å². The van der Waals surface area contributed by atoms with Crippen LogP contribution in [-0.2, 0) is 17.6 Å². The van der Waals surface area contributed by atoms with E-state index in [1.54, 1.807) is 0 Å². The summed E-state index contributed by atoms with van der Waals surface area (Å²) in [5.41, 5.74) is 2.92. The van der Waals surface area contributed by atoms with Crippen LogP contribution in [0.15, 0.2) is 48.5 Å². The second kappa shape index (κ2) is 16.2. The highest BCUT2D eigenvalue weighted by molar-refractivity contribution is 5.75. The minimum Gasteiger partial charge on any atom is -0.426 e. The van der Waals surface area contributed by atoms with Gasteiger partial charge < -0.3 is 4.74 Å². The summed E-state index contributed by atoms with van der Waals surface area (Å²) >= 11 is 0. The first-order valence-corrected chi connectivity index (χ1v) is 14.5. The molecule has 3 nitrogen and oxygen atoms in total. The van der Waals surface area contributed by atoms with Crippen LogP contribution in [-0.4, -0.2) is 5.97 Å². The molecule has 1 aliphatic rings. The van der Waals surface area contributed by atoms with Crippen LogP contribution in [0.3, 0.4) is 0 Å². The van der Waals surface area contributed by atoms with Gasteiger partial charge in [0.2, 0.25) is 0 Å². The fourth-order valence-corrected chi connectivity index (χ4v) is 5.46. The van der Waals surface area contributed by atoms with E-state index in [0.717, 1.165) is 50.0 Å². The summed E-state index contributed by atoms with van der Waals surface area (Å²) in [6.07, 6.45) is 19.7. The molecule has 0 aliphatic heterocycles. The van der Waals surface area contributed by atoms with E-state index in [4.69, 9.17) is 10.00 Å². The number of benzene rings is 2. The fraction of sp³-hybridized carbons (Fsp3) is 0.576. The van der Waals surface area contributed by atoms with Gasteiger partial charge in [-0.2, -0.15) is 5.26 Å². The Morgan fingerprint density at radius 3 is 2.14 bits per heavy atom. The number of carbonyl (C=O) groups is 1. The number of nitrogens with zero attached hydrogens (tertiary/aromatic N) is 1. The first kappa shape index (κ1) is 28.0. The molecule has 0 bridgehead atoms. The molecule has 0 spiro atoms. The van der Waals surface area contributed by atoms with Gasteiger partial charge in [-0.15, -0.1) is 0 Å². The van der Waals surface area contributed by atoms with Crippen molar-refractivity contribution in [3.63, 3.8) is 0 Å². The Morgan fingerprint density at radius 2 is 1.47 bits per heavy atom. The zero-order valence-electron chi connectivity index (χ0n) is 22.4. The SMILES string of the molecule is CCCCCCCCCCCC1CCC(C(=O)Oc2ccccc2CCc2ccc(C#N)cc2)CC1. The second-order valence-corrected chi connectivity index (χ2v) is 10.7. The van der Waals surface area contributed by atoms with Crippen molar-refractivity contribution in [3.8, 4) is 11.8 Å². The van der Waals surface area contributed by atoms with E-state index in [2.05, 4.69) is 13.0 Å². The van der Waals surface area contributed by atoms with E-state index >= 15 is 0 Å². The van der Waals surface area contributed by atoms with Crippen molar-refractivity contribution in [2.45, 2.75) is 110 Å². The highest BCUT2D eigenvalue weighted by Crippen LogP contribution is 2.33. The molecule has 3 heteroatoms. The first-order valence-electron chi connectivity index (χ1n) is 14.5. The zero-order valence-corrected chi connectivity index (χ0v) is 22.4. The van der Waals surface area contributed by atoms with Gasteiger partial charge in [0.05, 0.1) is 17.6 Å². The molecule has 0 radical (unpaired) electrons. The molecule has 2 aromatic carbocycles. The van der Waals surface area contributed by atoms with Gasteiger partial charge in [0.15, 0.2) is 0 Å². The topological polar surface area (TPSA) is 50.1 Å². The minimum absolute atomic E-state index is 0.0379. The molecule has 0 unspecified atom stereocenters. The molecule has 0 aromatic heterocycles. The number of ether oxygens (including phenoxy) is 1. The number of hydrogen-bond acceptors (Lipinski definition) is 3. The maximum Gasteiger partial charge on any atom is 0.314 e. The number of nitriles is 1. The van der Waals surface area contributed by atoms with Crippen LogP contribution >= 0.6 is 0 Å². The summed E-state index contributed by atoms with van der Waals surface area (Å²) in [6.45, 7) is 2.28. The number of aryl methyl sites for hydroxylation is 2. The lowest BCUT2D eigenvalue weighted by atomic mass is 9.79. The lowest BCUT2D eigenvalue weighted by molar-refractivity contribution is -0.140. The maximum atomic E-state index is 12.9. The van der Waals surface area contributed by atoms with Crippen molar-refractivity contribution < 1.29 is 9.53 Å². The van der Waals surface area contributed by atoms with Gasteiger partial charge in [0, 0.05) is 0 Å². The summed E-state index contributed by atoms with van der Waals surface area (Å²) in [6, 6.07) is 17.8. The highest BCUT2D eigenvalue weighted by atomic mass is 16.5. The van der Waals surface area contributed by atoms with Crippen LogP contribution in [0.2, 0.25) is 0 Å². The van der Waals surface area contributed by atoms with Gasteiger partial charge in [-0.25, -0.2) is 0 Å². The molecule has 194 valence electrons. The quantitative estimate of drug-likeness (QED) is 0.143. The average molecular weight is 488 g/mol. The number of hydrogen-bond donors (Lipinski definition) is 0. The van der Waals surface area contributed by atoms with Crippen molar-refractivity contribution in [1.29, 1.82) is 5.26 Å². The van der Waals surface area contributed by atoms with Crippen LogP contribution < -0.4 is 4.74 Å². The van der Waals surface area contributed by atoms with Crippen molar-refractivity contribution >= 4 is 5.97 Å². The monoisotopic (exact) mass is 487 g/mol. The van der Waals surface area contributed by atoms with Crippen LogP contribution in [0.5, 0.6) is 5.75 Å². The predicted octanol–water partition coefficient (Wildman–Crippen LogP) is 8.98. The summed E-state index contributed by atoms with van der Waals surface area (Å²) in [4.78, 5) is 12.9. The second-order valence-electron chi connectivity index (χ2n) is 10.7. The van der Waals surface area contributed by atoms with E-state index < -0.39 is 0 Å². The molecule has 3 rings (SSSR count). The minimum atomic E-state index is -0.0534. The Bertz CT molecular complexity index is 935. The average Bonchev–Trinajstić information content (AvgIpc) is 2.92. The van der Waals surface area contributed by atoms with E-state index in [-0.39, 0.29) is 11.9 Å².